The molecule has 0 aromatic rings. The van der Waals surface area contributed by atoms with E-state index in [1.54, 1.807) is 0 Å². The van der Waals surface area contributed by atoms with Gasteiger partial charge in [0.2, 0.25) is 0 Å². The number of hydrogen-bond donors (Lipinski definition) is 0. The molecular formula is C20H30. The molecular weight excluding hydrogens is 240 g/mol. The molecule has 0 bridgehead atoms. The molecule has 110 valence electrons. The molecule has 0 amide bonds. The van der Waals surface area contributed by atoms with E-state index in [0.717, 1.165) is 0 Å². The van der Waals surface area contributed by atoms with Gasteiger partial charge in [-0.2, -0.15) is 0 Å². The fourth-order valence-electron chi connectivity index (χ4n) is 2.25. The molecule has 0 aromatic carbocycles. The van der Waals surface area contributed by atoms with Crippen molar-refractivity contribution in [1.29, 1.82) is 0 Å². The summed E-state index contributed by atoms with van der Waals surface area (Å²) in [6, 6.07) is 0. The zero-order chi connectivity index (χ0) is 16.0. The molecule has 1 rings (SSSR count). The van der Waals surface area contributed by atoms with Crippen molar-refractivity contribution in [3.05, 3.63) is 44.6 Å². The molecule has 0 N–H and O–H groups in total. The second-order valence-corrected chi connectivity index (χ2v) is 5.50. The van der Waals surface area contributed by atoms with Crippen molar-refractivity contribution < 1.29 is 0 Å². The van der Waals surface area contributed by atoms with Crippen molar-refractivity contribution in [2.24, 2.45) is 0 Å². The Kier molecular flexibility index (Phi) is 7.36. The van der Waals surface area contributed by atoms with Crippen molar-refractivity contribution in [2.75, 3.05) is 0 Å². The van der Waals surface area contributed by atoms with Crippen molar-refractivity contribution in [3.8, 4) is 11.8 Å². The summed E-state index contributed by atoms with van der Waals surface area (Å²) in [6.45, 7) is 21.5. The quantitative estimate of drug-likeness (QED) is 0.448. The van der Waals surface area contributed by atoms with Crippen molar-refractivity contribution >= 4 is 0 Å². The molecule has 1 aliphatic carbocycles. The molecule has 0 nitrogen and oxygen atoms in total. The molecule has 0 spiro atoms. The topological polar surface area (TPSA) is 0 Å². The van der Waals surface area contributed by atoms with Gasteiger partial charge in [0.1, 0.15) is 0 Å². The summed E-state index contributed by atoms with van der Waals surface area (Å²) < 4.78 is 0. The number of allylic oxidation sites excluding steroid dienone is 8. The first-order valence-electron chi connectivity index (χ1n) is 7.25. The first-order valence-corrected chi connectivity index (χ1v) is 7.25. The van der Waals surface area contributed by atoms with Crippen LogP contribution in [0, 0.1) is 11.8 Å². The Labute approximate surface area is 126 Å². The van der Waals surface area contributed by atoms with E-state index in [9.17, 15) is 0 Å². The summed E-state index contributed by atoms with van der Waals surface area (Å²) in [6.07, 6.45) is 0. The predicted molar refractivity (Wildman–Crippen MR) is 92.6 cm³/mol. The smallest absolute Gasteiger partial charge is 0.00271 e. The fourth-order valence-corrected chi connectivity index (χ4v) is 2.25. The Bertz CT molecular complexity index is 405. The van der Waals surface area contributed by atoms with Crippen LogP contribution in [-0.2, 0) is 0 Å². The maximum Gasteiger partial charge on any atom is -0.00271 e. The normalized spacial score (nSPS) is 23.5. The van der Waals surface area contributed by atoms with Crippen LogP contribution in [0.15, 0.2) is 44.6 Å². The van der Waals surface area contributed by atoms with E-state index in [1.165, 1.54) is 44.6 Å². The van der Waals surface area contributed by atoms with Gasteiger partial charge in [0.15, 0.2) is 0 Å². The van der Waals surface area contributed by atoms with Crippen molar-refractivity contribution in [3.63, 3.8) is 0 Å². The van der Waals surface area contributed by atoms with Crippen LogP contribution >= 0.6 is 0 Å². The second kappa shape index (κ2) is 7.95. The van der Waals surface area contributed by atoms with E-state index in [4.69, 9.17) is 0 Å². The molecule has 0 saturated heterocycles. The van der Waals surface area contributed by atoms with E-state index < -0.39 is 0 Å². The highest BCUT2D eigenvalue weighted by Crippen LogP contribution is 2.33. The minimum atomic E-state index is 1.43. The van der Waals surface area contributed by atoms with Gasteiger partial charge in [-0.1, -0.05) is 0 Å². The van der Waals surface area contributed by atoms with Crippen LogP contribution in [-0.4, -0.2) is 0 Å². The summed E-state index contributed by atoms with van der Waals surface area (Å²) in [5.74, 6) is 5.36. The minimum absolute atomic E-state index is 1.43. The Morgan fingerprint density at radius 2 is 0.450 bits per heavy atom. The average molecular weight is 270 g/mol. The van der Waals surface area contributed by atoms with Gasteiger partial charge in [-0.05, 0) is 114 Å². The highest BCUT2D eigenvalue weighted by molar-refractivity contribution is 5.56. The van der Waals surface area contributed by atoms with Gasteiger partial charge in [-0.3, -0.25) is 0 Å². The highest BCUT2D eigenvalue weighted by Gasteiger charge is 2.14. The van der Waals surface area contributed by atoms with E-state index in [1.807, 2.05) is 13.8 Å². The first-order chi connectivity index (χ1) is 9.20. The SMILES string of the molecule is CC#CC.CC1=C(C)/C(C)=C(C)\C(C)=C(\C)C(C)=C1C. The van der Waals surface area contributed by atoms with Crippen molar-refractivity contribution in [2.45, 2.75) is 69.2 Å². The van der Waals surface area contributed by atoms with E-state index in [-0.39, 0.29) is 0 Å². The van der Waals surface area contributed by atoms with Crippen LogP contribution in [0.5, 0.6) is 0 Å². The Hall–Kier alpha value is -1.48. The molecule has 0 aliphatic heterocycles. The molecule has 0 unspecified atom stereocenters. The summed E-state index contributed by atoms with van der Waals surface area (Å²) in [5, 5.41) is 0. The predicted octanol–water partition coefficient (Wildman–Crippen LogP) is 6.38. The lowest BCUT2D eigenvalue weighted by molar-refractivity contribution is 1.10. The lowest BCUT2D eigenvalue weighted by Crippen LogP contribution is -2.01. The average Bonchev–Trinajstić information content (AvgIpc) is 2.48. The molecule has 0 radical (unpaired) electrons. The third-order valence-electron chi connectivity index (χ3n) is 4.75. The third kappa shape index (κ3) is 4.01. The van der Waals surface area contributed by atoms with E-state index in [2.05, 4.69) is 67.2 Å². The van der Waals surface area contributed by atoms with Crippen LogP contribution in [0.25, 0.3) is 0 Å². The van der Waals surface area contributed by atoms with Crippen LogP contribution in [0.2, 0.25) is 0 Å². The van der Waals surface area contributed by atoms with Gasteiger partial charge >= 0.3 is 0 Å². The molecule has 0 atom stereocenters. The van der Waals surface area contributed by atoms with Crippen LogP contribution in [0.1, 0.15) is 69.2 Å². The molecule has 20 heavy (non-hydrogen) atoms. The van der Waals surface area contributed by atoms with Gasteiger partial charge in [-0.25, -0.2) is 0 Å². The van der Waals surface area contributed by atoms with Gasteiger partial charge in [0.25, 0.3) is 0 Å². The highest BCUT2D eigenvalue weighted by atomic mass is 14.2. The summed E-state index contributed by atoms with van der Waals surface area (Å²) >= 11 is 0. The summed E-state index contributed by atoms with van der Waals surface area (Å²) in [7, 11) is 0. The largest absolute Gasteiger partial charge is 0.107 e. The van der Waals surface area contributed by atoms with Crippen LogP contribution < -0.4 is 0 Å². The van der Waals surface area contributed by atoms with Gasteiger partial charge in [0, 0.05) is 0 Å². The van der Waals surface area contributed by atoms with E-state index >= 15 is 0 Å². The van der Waals surface area contributed by atoms with Crippen molar-refractivity contribution in [1.82, 2.24) is 0 Å². The third-order valence-corrected chi connectivity index (χ3v) is 4.75. The monoisotopic (exact) mass is 270 g/mol. The van der Waals surface area contributed by atoms with Gasteiger partial charge in [0.05, 0.1) is 0 Å². The lowest BCUT2D eigenvalue weighted by atomic mass is 9.84. The van der Waals surface area contributed by atoms with Crippen LogP contribution in [0.3, 0.4) is 0 Å². The van der Waals surface area contributed by atoms with Gasteiger partial charge in [-0.15, -0.1) is 11.8 Å². The molecule has 1 aliphatic rings. The first kappa shape index (κ1) is 18.5. The Balaban J connectivity index is 0.000000796. The molecule has 0 saturated carbocycles. The summed E-state index contributed by atoms with van der Waals surface area (Å²) in [5.41, 5.74) is 11.5. The maximum atomic E-state index is 2.68. The molecule has 0 heteroatoms. The van der Waals surface area contributed by atoms with E-state index in [0.29, 0.717) is 0 Å². The lowest BCUT2D eigenvalue weighted by Gasteiger charge is -2.21. The second-order valence-electron chi connectivity index (χ2n) is 5.50. The summed E-state index contributed by atoms with van der Waals surface area (Å²) in [4.78, 5) is 0. The zero-order valence-corrected chi connectivity index (χ0v) is 15.0. The standard InChI is InChI=1S/C16H24.C4H6/c1-9-10(2)12(4)14(6)16(8)15(7)13(5)11(9)3;1-3-4-2/h1-8H3;1-2H3/b10-9-,11-9?,12-10?,13-11-,14-12?,15-13?,16-14?,16-15?;. The number of hydrogen-bond acceptors (Lipinski definition) is 0. The van der Waals surface area contributed by atoms with Crippen LogP contribution in [0.4, 0.5) is 0 Å². The minimum Gasteiger partial charge on any atom is -0.107 e. The Morgan fingerprint density at radius 1 is 0.350 bits per heavy atom. The van der Waals surface area contributed by atoms with Gasteiger partial charge < -0.3 is 0 Å². The number of rotatable bonds is 0. The Morgan fingerprint density at radius 3 is 0.500 bits per heavy atom. The molecule has 0 fully saturated rings. The molecule has 0 heterocycles. The molecule has 0 aromatic heterocycles. The fraction of sp³-hybridized carbons (Fsp3) is 0.500. The zero-order valence-electron chi connectivity index (χ0n) is 15.0. The maximum absolute atomic E-state index is 2.68.